The summed E-state index contributed by atoms with van der Waals surface area (Å²) in [6.45, 7) is 18.5. The minimum absolute atomic E-state index is 0.285. The average molecular weight is 447 g/mol. The van der Waals surface area contributed by atoms with E-state index in [1.165, 1.54) is 0 Å². The molecule has 0 aromatic carbocycles. The predicted octanol–water partition coefficient (Wildman–Crippen LogP) is 4.51. The molecular weight excluding hydrogens is 411 g/mol. The van der Waals surface area contributed by atoms with Gasteiger partial charge in [0.1, 0.15) is 0 Å². The van der Waals surface area contributed by atoms with E-state index in [2.05, 4.69) is 0 Å². The molecule has 25 heavy (non-hydrogen) atoms. The molecule has 0 atom stereocenters. The van der Waals surface area contributed by atoms with Crippen molar-refractivity contribution in [1.29, 1.82) is 0 Å². The Labute approximate surface area is 157 Å². The predicted molar refractivity (Wildman–Crippen MR) is 109 cm³/mol. The first-order valence-electron chi connectivity index (χ1n) is 8.84. The van der Waals surface area contributed by atoms with E-state index in [0.717, 1.165) is 0 Å². The Morgan fingerprint density at radius 3 is 1.44 bits per heavy atom. The molecule has 7 nitrogen and oxygen atoms in total. The molecule has 0 radical (unpaired) electrons. The molecular formula is C13H35O7PSi4. The summed E-state index contributed by atoms with van der Waals surface area (Å²) in [7, 11) is -12.9. The molecule has 0 saturated carbocycles. The molecule has 0 unspecified atom stereocenters. The third-order valence-corrected chi connectivity index (χ3v) is 22.3. The Morgan fingerprint density at radius 1 is 0.720 bits per heavy atom. The lowest BCUT2D eigenvalue weighted by atomic mass is 10.9. The second-order valence-corrected chi connectivity index (χ2v) is 24.3. The van der Waals surface area contributed by atoms with Gasteiger partial charge in [-0.1, -0.05) is 0 Å². The van der Waals surface area contributed by atoms with Gasteiger partial charge in [0, 0.05) is 6.04 Å². The van der Waals surface area contributed by atoms with Crippen molar-refractivity contribution in [3.8, 4) is 0 Å². The van der Waals surface area contributed by atoms with Crippen LogP contribution in [0.5, 0.6) is 0 Å². The molecule has 0 amide bonds. The van der Waals surface area contributed by atoms with Gasteiger partial charge in [0.25, 0.3) is 0 Å². The summed E-state index contributed by atoms with van der Waals surface area (Å²) in [6, 6.07) is 0.520. The third-order valence-electron chi connectivity index (χ3n) is 3.40. The van der Waals surface area contributed by atoms with Crippen LogP contribution in [-0.4, -0.2) is 53.6 Å². The first-order chi connectivity index (χ1) is 11.2. The van der Waals surface area contributed by atoms with E-state index >= 15 is 0 Å². The zero-order valence-corrected chi connectivity index (χ0v) is 22.0. The third kappa shape index (κ3) is 8.18. The molecule has 1 saturated heterocycles. The smallest absolute Gasteiger partial charge is 0.330 e. The maximum Gasteiger partial charge on any atom is 0.330 e. The molecule has 0 spiro atoms. The average Bonchev–Trinajstić information content (AvgIpc) is 2.31. The van der Waals surface area contributed by atoms with Gasteiger partial charge >= 0.3 is 41.8 Å². The lowest BCUT2D eigenvalue weighted by Crippen LogP contribution is -2.65. The number of rotatable bonds is 7. The maximum absolute atomic E-state index is 12.8. The molecule has 1 aliphatic rings. The van der Waals surface area contributed by atoms with Crippen LogP contribution in [0.25, 0.3) is 0 Å². The molecule has 0 aromatic heterocycles. The fraction of sp³-hybridized carbons (Fsp3) is 1.00. The van der Waals surface area contributed by atoms with E-state index in [9.17, 15) is 4.57 Å². The van der Waals surface area contributed by atoms with Crippen molar-refractivity contribution < 1.29 is 30.1 Å². The Bertz CT molecular complexity index is 469. The van der Waals surface area contributed by atoms with Crippen LogP contribution < -0.4 is 0 Å². The van der Waals surface area contributed by atoms with Crippen molar-refractivity contribution in [2.45, 2.75) is 65.7 Å². The number of hydrogen-bond donors (Lipinski definition) is 0. The summed E-state index contributed by atoms with van der Waals surface area (Å²) in [5.74, 6) is 0. The van der Waals surface area contributed by atoms with Crippen molar-refractivity contribution in [3.05, 3.63) is 0 Å². The normalized spacial score (nSPS) is 25.2. The summed E-state index contributed by atoms with van der Waals surface area (Å²) in [5.41, 5.74) is 0. The Hall–Kier alpha value is 0.858. The highest BCUT2D eigenvalue weighted by atomic mass is 31.2. The highest BCUT2D eigenvalue weighted by Crippen LogP contribution is 2.50. The van der Waals surface area contributed by atoms with Gasteiger partial charge in [-0.05, 0) is 59.7 Å². The van der Waals surface area contributed by atoms with Crippen LogP contribution in [0.4, 0.5) is 0 Å². The fourth-order valence-electron chi connectivity index (χ4n) is 3.31. The van der Waals surface area contributed by atoms with E-state index in [4.69, 9.17) is 25.5 Å². The largest absolute Gasteiger partial charge is 0.416 e. The number of hydrogen-bond acceptors (Lipinski definition) is 7. The molecule has 0 aliphatic carbocycles. The Kier molecular flexibility index (Phi) is 8.10. The van der Waals surface area contributed by atoms with Gasteiger partial charge in [-0.15, -0.1) is 0 Å². The second-order valence-electron chi connectivity index (χ2n) is 7.66. The molecule has 1 fully saturated rings. The molecule has 0 bridgehead atoms. The van der Waals surface area contributed by atoms with Gasteiger partial charge in [-0.3, -0.25) is 4.57 Å². The van der Waals surface area contributed by atoms with Crippen molar-refractivity contribution in [3.63, 3.8) is 0 Å². The molecule has 1 aliphatic heterocycles. The van der Waals surface area contributed by atoms with Crippen molar-refractivity contribution in [2.75, 3.05) is 19.4 Å². The monoisotopic (exact) mass is 446 g/mol. The van der Waals surface area contributed by atoms with E-state index in [1.54, 1.807) is 0 Å². The Balaban J connectivity index is 2.99. The lowest BCUT2D eigenvalue weighted by molar-refractivity contribution is 0.216. The molecule has 0 N–H and O–H groups in total. The van der Waals surface area contributed by atoms with E-state index in [-0.39, 0.29) is 6.16 Å². The highest BCUT2D eigenvalue weighted by molar-refractivity contribution is 7.54. The summed E-state index contributed by atoms with van der Waals surface area (Å²) < 4.78 is 49.2. The van der Waals surface area contributed by atoms with Gasteiger partial charge in [0.2, 0.25) is 0 Å². The second kappa shape index (κ2) is 8.48. The van der Waals surface area contributed by atoms with Gasteiger partial charge in [0.15, 0.2) is 0 Å². The van der Waals surface area contributed by atoms with Crippen LogP contribution in [0, 0.1) is 0 Å². The molecule has 0 aromatic rings. The van der Waals surface area contributed by atoms with Crippen LogP contribution in [-0.2, 0) is 30.1 Å². The van der Waals surface area contributed by atoms with Gasteiger partial charge in [-0.2, -0.15) is 0 Å². The van der Waals surface area contributed by atoms with E-state index in [1.807, 2.05) is 59.7 Å². The maximum atomic E-state index is 12.8. The standard InChI is InChI=1S/C13H35O7PSi4/c1-10-15-21(14,16-11-2)12-13-25(9)19-23(5,6)17-22(3,4)18-24(7,8)20-25/h10-13H2,1-9H3. The SMILES string of the molecule is CCOP(=O)(CC[Si]1(C)O[Si](C)(C)O[Si](C)(C)O[Si](C)(C)O1)OCC. The van der Waals surface area contributed by atoms with Crippen LogP contribution in [0.15, 0.2) is 0 Å². The summed E-state index contributed by atoms with van der Waals surface area (Å²) in [6.07, 6.45) is 0.285. The quantitative estimate of drug-likeness (QED) is 0.421. The summed E-state index contributed by atoms with van der Waals surface area (Å²) >= 11 is 0. The topological polar surface area (TPSA) is 72.5 Å². The van der Waals surface area contributed by atoms with E-state index in [0.29, 0.717) is 19.3 Å². The van der Waals surface area contributed by atoms with Gasteiger partial charge < -0.3 is 25.5 Å². The summed E-state index contributed by atoms with van der Waals surface area (Å²) in [5, 5.41) is 0. The minimum Gasteiger partial charge on any atom is -0.416 e. The van der Waals surface area contributed by atoms with Crippen molar-refractivity contribution in [1.82, 2.24) is 0 Å². The van der Waals surface area contributed by atoms with Crippen molar-refractivity contribution >= 4 is 41.8 Å². The fourth-order valence-corrected chi connectivity index (χ4v) is 27.9. The first-order valence-corrected chi connectivity index (χ1v) is 21.5. The minimum atomic E-state index is -3.13. The van der Waals surface area contributed by atoms with Crippen LogP contribution in [0.3, 0.4) is 0 Å². The van der Waals surface area contributed by atoms with Crippen LogP contribution in [0.1, 0.15) is 13.8 Å². The zero-order chi connectivity index (χ0) is 19.6. The summed E-state index contributed by atoms with van der Waals surface area (Å²) in [4.78, 5) is 0. The first kappa shape index (κ1) is 23.9. The van der Waals surface area contributed by atoms with Crippen molar-refractivity contribution in [2.24, 2.45) is 0 Å². The zero-order valence-electron chi connectivity index (χ0n) is 17.1. The van der Waals surface area contributed by atoms with Gasteiger partial charge in [-0.25, -0.2) is 0 Å². The lowest BCUT2D eigenvalue weighted by Gasteiger charge is -2.47. The Morgan fingerprint density at radius 2 is 1.08 bits per heavy atom. The van der Waals surface area contributed by atoms with Crippen LogP contribution in [0.2, 0.25) is 51.9 Å². The van der Waals surface area contributed by atoms with Gasteiger partial charge in [0.05, 0.1) is 19.4 Å². The highest BCUT2D eigenvalue weighted by Gasteiger charge is 2.52. The molecule has 1 rings (SSSR count). The molecule has 1 heterocycles. The van der Waals surface area contributed by atoms with E-state index < -0.39 is 41.8 Å². The van der Waals surface area contributed by atoms with Crippen LogP contribution >= 0.6 is 7.60 Å². The molecule has 150 valence electrons. The molecule has 12 heteroatoms.